The van der Waals surface area contributed by atoms with E-state index in [4.69, 9.17) is 5.73 Å². The van der Waals surface area contributed by atoms with Gasteiger partial charge >= 0.3 is 0 Å². The summed E-state index contributed by atoms with van der Waals surface area (Å²) in [5.74, 6) is 0.155. The van der Waals surface area contributed by atoms with Crippen molar-refractivity contribution in [3.8, 4) is 0 Å². The first kappa shape index (κ1) is 14.1. The van der Waals surface area contributed by atoms with Gasteiger partial charge in [0.2, 0.25) is 5.91 Å². The highest BCUT2D eigenvalue weighted by molar-refractivity contribution is 7.09. The first-order chi connectivity index (χ1) is 8.04. The molecule has 1 rings (SSSR count). The predicted molar refractivity (Wildman–Crippen MR) is 71.0 cm³/mol. The highest BCUT2D eigenvalue weighted by Gasteiger charge is 2.18. The third kappa shape index (κ3) is 4.44. The van der Waals surface area contributed by atoms with Crippen molar-refractivity contribution in [1.82, 2.24) is 10.3 Å². The Morgan fingerprint density at radius 1 is 1.65 bits per heavy atom. The molecule has 0 aliphatic carbocycles. The second kappa shape index (κ2) is 6.71. The lowest BCUT2D eigenvalue weighted by Crippen LogP contribution is -2.45. The number of thiazole rings is 1. The lowest BCUT2D eigenvalue weighted by atomic mass is 9.99. The molecule has 3 N–H and O–H groups in total. The number of amides is 1. The van der Waals surface area contributed by atoms with Gasteiger partial charge in [0, 0.05) is 18.3 Å². The molecule has 1 aromatic rings. The smallest absolute Gasteiger partial charge is 0.237 e. The van der Waals surface area contributed by atoms with Gasteiger partial charge in [0.15, 0.2) is 0 Å². The molecule has 4 nitrogen and oxygen atoms in total. The van der Waals surface area contributed by atoms with E-state index in [9.17, 15) is 4.79 Å². The number of carbonyl (C=O) groups is 1. The van der Waals surface area contributed by atoms with Gasteiger partial charge in [-0.15, -0.1) is 11.3 Å². The summed E-state index contributed by atoms with van der Waals surface area (Å²) in [5, 5.41) is 5.94. The Kier molecular flexibility index (Phi) is 5.58. The SMILES string of the molecule is CCC(C)[C@H](N)C(=O)NCCc1csc(C)n1. The first-order valence-electron chi connectivity index (χ1n) is 5.98. The van der Waals surface area contributed by atoms with Crippen LogP contribution in [0.3, 0.4) is 0 Å². The Morgan fingerprint density at radius 2 is 2.35 bits per heavy atom. The topological polar surface area (TPSA) is 68.0 Å². The Bertz CT molecular complexity index is 364. The van der Waals surface area contributed by atoms with E-state index in [-0.39, 0.29) is 11.8 Å². The summed E-state index contributed by atoms with van der Waals surface area (Å²) < 4.78 is 0. The van der Waals surface area contributed by atoms with Crippen LogP contribution in [0.25, 0.3) is 0 Å². The van der Waals surface area contributed by atoms with Gasteiger partial charge < -0.3 is 11.1 Å². The maximum atomic E-state index is 11.7. The summed E-state index contributed by atoms with van der Waals surface area (Å²) >= 11 is 1.63. The number of nitrogens with one attached hydrogen (secondary N) is 1. The van der Waals surface area contributed by atoms with E-state index in [1.807, 2.05) is 26.2 Å². The van der Waals surface area contributed by atoms with Crippen molar-refractivity contribution in [3.05, 3.63) is 16.1 Å². The summed E-state index contributed by atoms with van der Waals surface area (Å²) in [7, 11) is 0. The van der Waals surface area contributed by atoms with Crippen LogP contribution in [-0.2, 0) is 11.2 Å². The molecule has 5 heteroatoms. The fourth-order valence-electron chi connectivity index (χ4n) is 1.47. The van der Waals surface area contributed by atoms with E-state index >= 15 is 0 Å². The van der Waals surface area contributed by atoms with Gasteiger partial charge in [-0.1, -0.05) is 20.3 Å². The van der Waals surface area contributed by atoms with Crippen molar-refractivity contribution in [3.63, 3.8) is 0 Å². The molecule has 1 aromatic heterocycles. The van der Waals surface area contributed by atoms with E-state index in [1.54, 1.807) is 11.3 Å². The summed E-state index contributed by atoms with van der Waals surface area (Å²) in [6, 6.07) is -0.405. The minimum absolute atomic E-state index is 0.0636. The minimum atomic E-state index is -0.405. The van der Waals surface area contributed by atoms with Crippen LogP contribution in [0, 0.1) is 12.8 Å². The summed E-state index contributed by atoms with van der Waals surface area (Å²) in [6.07, 6.45) is 1.68. The fourth-order valence-corrected chi connectivity index (χ4v) is 2.11. The van der Waals surface area contributed by atoms with Crippen LogP contribution in [0.1, 0.15) is 31.0 Å². The molecule has 0 aliphatic rings. The molecule has 0 aromatic carbocycles. The van der Waals surface area contributed by atoms with Crippen LogP contribution >= 0.6 is 11.3 Å². The molecule has 0 saturated carbocycles. The molecular weight excluding hydrogens is 234 g/mol. The molecule has 0 aliphatic heterocycles. The average Bonchev–Trinajstić information content (AvgIpc) is 2.72. The Hall–Kier alpha value is -0.940. The highest BCUT2D eigenvalue weighted by Crippen LogP contribution is 2.08. The van der Waals surface area contributed by atoms with Crippen LogP contribution in [-0.4, -0.2) is 23.5 Å². The minimum Gasteiger partial charge on any atom is -0.354 e. The van der Waals surface area contributed by atoms with Gasteiger partial charge in [0.1, 0.15) is 0 Å². The monoisotopic (exact) mass is 255 g/mol. The number of carbonyl (C=O) groups excluding carboxylic acids is 1. The normalized spacial score (nSPS) is 14.4. The third-order valence-electron chi connectivity index (χ3n) is 2.91. The van der Waals surface area contributed by atoms with Gasteiger partial charge in [-0.05, 0) is 12.8 Å². The Balaban J connectivity index is 2.29. The van der Waals surface area contributed by atoms with Crippen molar-refractivity contribution < 1.29 is 4.79 Å². The summed E-state index contributed by atoms with van der Waals surface area (Å²) in [4.78, 5) is 16.0. The van der Waals surface area contributed by atoms with Gasteiger partial charge in [-0.3, -0.25) is 4.79 Å². The van der Waals surface area contributed by atoms with Crippen LogP contribution < -0.4 is 11.1 Å². The zero-order valence-electron chi connectivity index (χ0n) is 10.7. The molecule has 0 fully saturated rings. The molecule has 96 valence electrons. The fraction of sp³-hybridized carbons (Fsp3) is 0.667. The summed E-state index contributed by atoms with van der Waals surface area (Å²) in [5.41, 5.74) is 6.86. The Labute approximate surface area is 107 Å². The quantitative estimate of drug-likeness (QED) is 0.809. The van der Waals surface area contributed by atoms with Crippen molar-refractivity contribution in [1.29, 1.82) is 0 Å². The van der Waals surface area contributed by atoms with Crippen molar-refractivity contribution in [2.75, 3.05) is 6.54 Å². The van der Waals surface area contributed by atoms with Gasteiger partial charge in [0.25, 0.3) is 0 Å². The van der Waals surface area contributed by atoms with Crippen molar-refractivity contribution in [2.24, 2.45) is 11.7 Å². The summed E-state index contributed by atoms with van der Waals surface area (Å²) in [6.45, 7) is 6.61. The average molecular weight is 255 g/mol. The van der Waals surface area contributed by atoms with Crippen LogP contribution in [0.2, 0.25) is 0 Å². The molecule has 1 heterocycles. The van der Waals surface area contributed by atoms with Crippen molar-refractivity contribution >= 4 is 17.2 Å². The lowest BCUT2D eigenvalue weighted by Gasteiger charge is -2.17. The van der Waals surface area contributed by atoms with E-state index in [1.165, 1.54) is 0 Å². The van der Waals surface area contributed by atoms with Gasteiger partial charge in [-0.2, -0.15) is 0 Å². The molecule has 0 spiro atoms. The van der Waals surface area contributed by atoms with E-state index in [0.29, 0.717) is 6.54 Å². The molecular formula is C12H21N3OS. The van der Waals surface area contributed by atoms with Gasteiger partial charge in [0.05, 0.1) is 16.7 Å². The van der Waals surface area contributed by atoms with Crippen LogP contribution in [0.15, 0.2) is 5.38 Å². The number of aryl methyl sites for hydroxylation is 1. The third-order valence-corrected chi connectivity index (χ3v) is 3.73. The number of rotatable bonds is 6. The molecule has 0 bridgehead atoms. The molecule has 0 radical (unpaired) electrons. The highest BCUT2D eigenvalue weighted by atomic mass is 32.1. The standard InChI is InChI=1S/C12H21N3OS/c1-4-8(2)11(13)12(16)14-6-5-10-7-17-9(3)15-10/h7-8,11H,4-6,13H2,1-3H3,(H,14,16)/t8?,11-/m0/s1. The molecule has 17 heavy (non-hydrogen) atoms. The predicted octanol–water partition coefficient (Wildman–Crippen LogP) is 1.48. The van der Waals surface area contributed by atoms with Crippen molar-refractivity contribution in [2.45, 2.75) is 39.7 Å². The molecule has 0 saturated heterocycles. The number of nitrogens with two attached hydrogens (primary N) is 1. The van der Waals surface area contributed by atoms with Gasteiger partial charge in [-0.25, -0.2) is 4.98 Å². The molecule has 1 amide bonds. The van der Waals surface area contributed by atoms with Crippen LogP contribution in [0.5, 0.6) is 0 Å². The number of hydrogen-bond donors (Lipinski definition) is 2. The first-order valence-corrected chi connectivity index (χ1v) is 6.86. The number of nitrogens with zero attached hydrogens (tertiary/aromatic N) is 1. The maximum Gasteiger partial charge on any atom is 0.237 e. The lowest BCUT2D eigenvalue weighted by molar-refractivity contribution is -0.123. The maximum absolute atomic E-state index is 11.7. The second-order valence-electron chi connectivity index (χ2n) is 4.31. The van der Waals surface area contributed by atoms with Crippen LogP contribution in [0.4, 0.5) is 0 Å². The van der Waals surface area contributed by atoms with E-state index in [2.05, 4.69) is 10.3 Å². The molecule has 1 unspecified atom stereocenters. The number of aromatic nitrogens is 1. The zero-order valence-corrected chi connectivity index (χ0v) is 11.5. The molecule has 2 atom stereocenters. The van der Waals surface area contributed by atoms with E-state index < -0.39 is 6.04 Å². The zero-order chi connectivity index (χ0) is 12.8. The van der Waals surface area contributed by atoms with E-state index in [0.717, 1.165) is 23.5 Å². The largest absolute Gasteiger partial charge is 0.354 e. The second-order valence-corrected chi connectivity index (χ2v) is 5.37. The number of hydrogen-bond acceptors (Lipinski definition) is 4. The Morgan fingerprint density at radius 3 is 2.88 bits per heavy atom.